The minimum Gasteiger partial charge on any atom is -0.366 e. The summed E-state index contributed by atoms with van der Waals surface area (Å²) in [5, 5.41) is 8.29. The lowest BCUT2D eigenvalue weighted by Crippen LogP contribution is -2.44. The average Bonchev–Trinajstić information content (AvgIpc) is 4.09. The quantitative estimate of drug-likeness (QED) is 0.131. The maximum absolute atomic E-state index is 11.9. The highest BCUT2D eigenvalue weighted by atomic mass is 16.5. The van der Waals surface area contributed by atoms with Crippen LogP contribution in [-0.2, 0) is 0 Å². The van der Waals surface area contributed by atoms with Crippen molar-refractivity contribution in [2.75, 3.05) is 76.3 Å². The van der Waals surface area contributed by atoms with Gasteiger partial charge in [0.1, 0.15) is 11.5 Å². The minimum absolute atomic E-state index is 0.450. The van der Waals surface area contributed by atoms with Crippen LogP contribution < -0.4 is 15.5 Å². The summed E-state index contributed by atoms with van der Waals surface area (Å²) in [7, 11) is 4.29. The fourth-order valence-electron chi connectivity index (χ4n) is 9.07. The first kappa shape index (κ1) is 43.0. The zero-order valence-corrected chi connectivity index (χ0v) is 38.3. The number of aryl methyl sites for hydroxylation is 6. The van der Waals surface area contributed by atoms with Gasteiger partial charge in [0.25, 0.3) is 0 Å². The maximum Gasteiger partial charge on any atom is 0.248 e. The highest BCUT2D eigenvalue weighted by Gasteiger charge is 2.24. The van der Waals surface area contributed by atoms with E-state index >= 15 is 0 Å². The number of anilines is 2. The predicted octanol–water partition coefficient (Wildman–Crippen LogP) is 8.77. The Morgan fingerprint density at radius 3 is 1.48 bits per heavy atom. The Kier molecular flexibility index (Phi) is 11.5. The van der Waals surface area contributed by atoms with Gasteiger partial charge in [-0.05, 0) is 131 Å². The monoisotopic (exact) mass is 870 g/mol. The Bertz CT molecular complexity index is 3090. The van der Waals surface area contributed by atoms with Crippen LogP contribution in [-0.4, -0.2) is 112 Å². The van der Waals surface area contributed by atoms with E-state index in [1.807, 2.05) is 65.0 Å². The van der Waals surface area contributed by atoms with E-state index in [0.717, 1.165) is 165 Å². The van der Waals surface area contributed by atoms with E-state index in [2.05, 4.69) is 90.0 Å². The van der Waals surface area contributed by atoms with Gasteiger partial charge in [-0.1, -0.05) is 28.5 Å². The number of piperazine rings is 2. The number of H-pyrrole nitrogens is 2. The van der Waals surface area contributed by atoms with Gasteiger partial charge in [-0.25, -0.2) is 14.8 Å². The molecule has 2 aliphatic rings. The zero-order valence-electron chi connectivity index (χ0n) is 38.3. The van der Waals surface area contributed by atoms with Gasteiger partial charge in [-0.15, -0.1) is 0 Å². The molecule has 15 heteroatoms. The SMILES string of the molecule is Cc1ccc(C(N)=O)cc1-c1cc(-c2c(C)noc2C)cc2[nH]c(N3CCN(C)CC3)nc12.[C-]#[N+]c1ccc(C)c(-c2cc(-c3c(C)noc3C)cc3[nH]c(N4CCN(C)CC4)nc23)c1. The summed E-state index contributed by atoms with van der Waals surface area (Å²) in [5.41, 5.74) is 22.1. The van der Waals surface area contributed by atoms with E-state index in [9.17, 15) is 4.79 Å². The second kappa shape index (κ2) is 17.4. The number of fused-ring (bicyclic) bond motifs is 2. The number of aromatic amines is 2. The fraction of sp³-hybridized carbons (Fsp3) is 0.320. The third kappa shape index (κ3) is 8.34. The summed E-state index contributed by atoms with van der Waals surface area (Å²) < 4.78 is 10.9. The Balaban J connectivity index is 0.000000164. The van der Waals surface area contributed by atoms with Gasteiger partial charge >= 0.3 is 0 Å². The number of carbonyl (C=O) groups excluding carboxylic acids is 1. The molecule has 0 radical (unpaired) electrons. The van der Waals surface area contributed by atoms with Crippen molar-refractivity contribution in [3.63, 3.8) is 0 Å². The van der Waals surface area contributed by atoms with Crippen molar-refractivity contribution < 1.29 is 13.8 Å². The Morgan fingerprint density at radius 2 is 1.06 bits per heavy atom. The van der Waals surface area contributed by atoms with Crippen molar-refractivity contribution in [3.05, 3.63) is 112 Å². The summed E-state index contributed by atoms with van der Waals surface area (Å²) in [6.07, 6.45) is 0. The molecule has 4 N–H and O–H groups in total. The molecule has 0 spiro atoms. The molecule has 0 saturated carbocycles. The molecule has 0 unspecified atom stereocenters. The number of amides is 1. The Hall–Kier alpha value is -7.28. The van der Waals surface area contributed by atoms with Crippen LogP contribution in [0.2, 0.25) is 0 Å². The van der Waals surface area contributed by atoms with E-state index in [1.165, 1.54) is 0 Å². The molecule has 0 aliphatic carbocycles. The molecule has 1 amide bonds. The molecule has 6 heterocycles. The van der Waals surface area contributed by atoms with Crippen molar-refractivity contribution >= 4 is 45.6 Å². The van der Waals surface area contributed by atoms with E-state index in [4.69, 9.17) is 31.3 Å². The number of likely N-dealkylation sites (N-methyl/N-ethyl adjacent to an activating group) is 2. The molecule has 2 fully saturated rings. The van der Waals surface area contributed by atoms with E-state index in [-0.39, 0.29) is 0 Å². The van der Waals surface area contributed by atoms with Crippen molar-refractivity contribution in [1.82, 2.24) is 40.0 Å². The van der Waals surface area contributed by atoms with Crippen molar-refractivity contribution in [3.8, 4) is 44.5 Å². The van der Waals surface area contributed by atoms with Gasteiger partial charge in [0.05, 0.1) is 40.0 Å². The number of nitrogens with one attached hydrogen (secondary N) is 2. The Morgan fingerprint density at radius 1 is 0.615 bits per heavy atom. The maximum atomic E-state index is 11.9. The number of rotatable bonds is 7. The number of hydrogen-bond acceptors (Lipinski definition) is 11. The molecule has 332 valence electrons. The zero-order chi connectivity index (χ0) is 45.7. The first-order chi connectivity index (χ1) is 31.3. The number of carbonyl (C=O) groups is 1. The predicted molar refractivity (Wildman–Crippen MR) is 257 cm³/mol. The molecule has 15 nitrogen and oxygen atoms in total. The molecule has 4 aromatic carbocycles. The molecule has 0 atom stereocenters. The van der Waals surface area contributed by atoms with Gasteiger partial charge in [-0.3, -0.25) is 4.79 Å². The van der Waals surface area contributed by atoms with Crippen molar-refractivity contribution in [2.24, 2.45) is 5.73 Å². The average molecular weight is 871 g/mol. The van der Waals surface area contributed by atoms with Crippen molar-refractivity contribution in [2.45, 2.75) is 41.5 Å². The molecule has 65 heavy (non-hydrogen) atoms. The number of nitrogens with two attached hydrogens (primary N) is 1. The summed E-state index contributed by atoms with van der Waals surface area (Å²) in [5.74, 6) is 2.86. The highest BCUT2D eigenvalue weighted by molar-refractivity contribution is 6.01. The van der Waals surface area contributed by atoms with Crippen LogP contribution in [0.15, 0.2) is 69.7 Å². The molecule has 8 aromatic rings. The summed E-state index contributed by atoms with van der Waals surface area (Å²) >= 11 is 0. The number of imidazole rings is 2. The van der Waals surface area contributed by atoms with E-state index < -0.39 is 5.91 Å². The first-order valence-corrected chi connectivity index (χ1v) is 22.0. The van der Waals surface area contributed by atoms with E-state index in [0.29, 0.717) is 11.3 Å². The molecule has 0 bridgehead atoms. The van der Waals surface area contributed by atoms with Gasteiger partial charge in [0, 0.05) is 80.2 Å². The number of benzene rings is 4. The summed E-state index contributed by atoms with van der Waals surface area (Å²) in [6, 6.07) is 19.9. The van der Waals surface area contributed by atoms with Crippen LogP contribution >= 0.6 is 0 Å². The topological polar surface area (TPSA) is 170 Å². The number of nitrogens with zero attached hydrogens (tertiary/aromatic N) is 9. The molecular weight excluding hydrogens is 817 g/mol. The molecule has 4 aromatic heterocycles. The lowest BCUT2D eigenvalue weighted by Gasteiger charge is -2.32. The first-order valence-electron chi connectivity index (χ1n) is 22.0. The van der Waals surface area contributed by atoms with Crippen LogP contribution in [0.25, 0.3) is 71.4 Å². The molecule has 10 rings (SSSR count). The van der Waals surface area contributed by atoms with Crippen molar-refractivity contribution in [1.29, 1.82) is 0 Å². The minimum atomic E-state index is -0.450. The van der Waals surface area contributed by atoms with Crippen LogP contribution in [0.4, 0.5) is 17.6 Å². The van der Waals surface area contributed by atoms with Crippen LogP contribution in [0.3, 0.4) is 0 Å². The lowest BCUT2D eigenvalue weighted by atomic mass is 9.93. The summed E-state index contributed by atoms with van der Waals surface area (Å²) in [4.78, 5) is 42.0. The standard InChI is InChI=1S/C25H28N6O2.C25H26N6O/c1-14-5-6-17(24(26)32)11-19(14)20-12-18(22-15(2)29-33-16(22)3)13-21-23(20)28-25(27-21)31-9-7-30(4)8-10-31;1-15-6-7-19(26-4)14-20(15)21-12-18(23-16(2)29-32-17(23)3)13-22-24(21)28-25(27-22)31-10-8-30(5)9-11-31/h5-6,11-13H,7-10H2,1-4H3,(H2,26,32)(H,27,28);6-7,12-14H,8-11H2,1-3,5H3,(H,27,28). The van der Waals surface area contributed by atoms with Gasteiger partial charge < -0.3 is 44.3 Å². The normalized spacial score (nSPS) is 14.8. The third-order valence-electron chi connectivity index (χ3n) is 12.9. The highest BCUT2D eigenvalue weighted by Crippen LogP contribution is 2.40. The van der Waals surface area contributed by atoms with Gasteiger partial charge in [0.15, 0.2) is 5.69 Å². The van der Waals surface area contributed by atoms with Crippen LogP contribution in [0.1, 0.15) is 44.4 Å². The number of aromatic nitrogens is 6. The smallest absolute Gasteiger partial charge is 0.248 e. The molecule has 2 saturated heterocycles. The molecule has 2 aliphatic heterocycles. The number of hydrogen-bond donors (Lipinski definition) is 3. The van der Waals surface area contributed by atoms with Crippen LogP contribution in [0, 0.1) is 48.1 Å². The summed E-state index contributed by atoms with van der Waals surface area (Å²) in [6.45, 7) is 27.1. The largest absolute Gasteiger partial charge is 0.366 e. The number of primary amides is 1. The molecular formula is C50H54N12O3. The van der Waals surface area contributed by atoms with E-state index in [1.54, 1.807) is 6.07 Å². The Labute approximate surface area is 378 Å². The van der Waals surface area contributed by atoms with Gasteiger partial charge in [0.2, 0.25) is 17.8 Å². The third-order valence-corrected chi connectivity index (χ3v) is 12.9. The second-order valence-electron chi connectivity index (χ2n) is 17.4. The van der Waals surface area contributed by atoms with Crippen LogP contribution in [0.5, 0.6) is 0 Å². The fourth-order valence-corrected chi connectivity index (χ4v) is 9.07. The lowest BCUT2D eigenvalue weighted by molar-refractivity contribution is 0.1000. The van der Waals surface area contributed by atoms with Gasteiger partial charge in [-0.2, -0.15) is 0 Å². The second-order valence-corrected chi connectivity index (χ2v) is 17.4.